The summed E-state index contributed by atoms with van der Waals surface area (Å²) in [4.78, 5) is 10.1. The van der Waals surface area contributed by atoms with Crippen LogP contribution in [-0.2, 0) is 6.54 Å². The number of aryl methyl sites for hydroxylation is 1. The molecule has 19 heavy (non-hydrogen) atoms. The Hall–Kier alpha value is -1.61. The van der Waals surface area contributed by atoms with E-state index in [0.29, 0.717) is 5.92 Å². The van der Waals surface area contributed by atoms with Crippen molar-refractivity contribution >= 4 is 0 Å². The zero-order valence-electron chi connectivity index (χ0n) is 11.5. The zero-order chi connectivity index (χ0) is 13.1. The van der Waals surface area contributed by atoms with Crippen LogP contribution in [0, 0.1) is 6.92 Å². The minimum Gasteiger partial charge on any atom is -0.345 e. The van der Waals surface area contributed by atoms with Gasteiger partial charge in [-0.15, -0.1) is 0 Å². The predicted molar refractivity (Wildman–Crippen MR) is 77.0 cm³/mol. The van der Waals surface area contributed by atoms with Gasteiger partial charge >= 0.3 is 0 Å². The number of aromatic amines is 1. The summed E-state index contributed by atoms with van der Waals surface area (Å²) in [5.41, 5.74) is 2.71. The third kappa shape index (κ3) is 3.04. The van der Waals surface area contributed by atoms with Crippen LogP contribution in [-0.4, -0.2) is 28.0 Å². The third-order valence-corrected chi connectivity index (χ3v) is 3.93. The maximum Gasteiger partial charge on any atom is 0.103 e. The number of nitrogens with one attached hydrogen (secondary N) is 1. The van der Waals surface area contributed by atoms with E-state index < -0.39 is 0 Å². The van der Waals surface area contributed by atoms with Gasteiger partial charge in [-0.05, 0) is 37.8 Å². The van der Waals surface area contributed by atoms with Gasteiger partial charge in [-0.2, -0.15) is 0 Å². The number of hydrogen-bond acceptors (Lipinski definition) is 2. The summed E-state index contributed by atoms with van der Waals surface area (Å²) >= 11 is 0. The van der Waals surface area contributed by atoms with Gasteiger partial charge < -0.3 is 4.98 Å². The van der Waals surface area contributed by atoms with Gasteiger partial charge in [0.15, 0.2) is 0 Å². The fraction of sp³-hybridized carbons (Fsp3) is 0.438. The van der Waals surface area contributed by atoms with Gasteiger partial charge in [-0.25, -0.2) is 4.98 Å². The molecule has 0 bridgehead atoms. The van der Waals surface area contributed by atoms with E-state index in [1.165, 1.54) is 30.6 Å². The number of likely N-dealkylation sites (tertiary alicyclic amines) is 1. The molecule has 3 nitrogen and oxygen atoms in total. The lowest BCUT2D eigenvalue weighted by molar-refractivity contribution is 0.198. The van der Waals surface area contributed by atoms with Crippen LogP contribution in [0.5, 0.6) is 0 Å². The molecule has 1 saturated heterocycles. The van der Waals surface area contributed by atoms with Gasteiger partial charge in [0, 0.05) is 25.0 Å². The van der Waals surface area contributed by atoms with Crippen LogP contribution in [0.3, 0.4) is 0 Å². The Kier molecular flexibility index (Phi) is 3.65. The van der Waals surface area contributed by atoms with Crippen LogP contribution in [0.1, 0.15) is 35.8 Å². The normalized spacial score (nSPS) is 20.6. The van der Waals surface area contributed by atoms with Crippen LogP contribution < -0.4 is 0 Å². The van der Waals surface area contributed by atoms with Crippen LogP contribution in [0.15, 0.2) is 36.5 Å². The largest absolute Gasteiger partial charge is 0.345 e. The number of imidazole rings is 1. The summed E-state index contributed by atoms with van der Waals surface area (Å²) < 4.78 is 0. The number of H-pyrrole nitrogens is 1. The SMILES string of the molecule is Cc1ncc(CN2CCC[C@H](c3ccccc3)C2)[nH]1. The van der Waals surface area contributed by atoms with Crippen LogP contribution in [0.4, 0.5) is 0 Å². The minimum absolute atomic E-state index is 0.680. The molecule has 1 fully saturated rings. The van der Waals surface area contributed by atoms with Crippen molar-refractivity contribution in [3.63, 3.8) is 0 Å². The molecule has 1 aromatic heterocycles. The van der Waals surface area contributed by atoms with Crippen molar-refractivity contribution in [3.05, 3.63) is 53.6 Å². The highest BCUT2D eigenvalue weighted by Crippen LogP contribution is 2.27. The van der Waals surface area contributed by atoms with Crippen molar-refractivity contribution in [1.82, 2.24) is 14.9 Å². The van der Waals surface area contributed by atoms with Crippen molar-refractivity contribution in [2.45, 2.75) is 32.2 Å². The third-order valence-electron chi connectivity index (χ3n) is 3.93. The summed E-state index contributed by atoms with van der Waals surface area (Å²) in [6.45, 7) is 5.35. The second-order valence-corrected chi connectivity index (χ2v) is 5.48. The molecule has 0 radical (unpaired) electrons. The molecule has 3 heteroatoms. The Labute approximate surface area is 114 Å². The molecule has 1 aliphatic heterocycles. The van der Waals surface area contributed by atoms with Crippen molar-refractivity contribution in [2.75, 3.05) is 13.1 Å². The number of aromatic nitrogens is 2. The van der Waals surface area contributed by atoms with Gasteiger partial charge in [0.2, 0.25) is 0 Å². The first-order valence-electron chi connectivity index (χ1n) is 7.09. The second-order valence-electron chi connectivity index (χ2n) is 5.48. The molecule has 0 saturated carbocycles. The quantitative estimate of drug-likeness (QED) is 0.914. The number of benzene rings is 1. The maximum atomic E-state index is 4.28. The highest BCUT2D eigenvalue weighted by atomic mass is 15.1. The molecule has 100 valence electrons. The van der Waals surface area contributed by atoms with E-state index >= 15 is 0 Å². The minimum atomic E-state index is 0.680. The fourth-order valence-corrected chi connectivity index (χ4v) is 2.99. The van der Waals surface area contributed by atoms with E-state index in [-0.39, 0.29) is 0 Å². The molecular formula is C16H21N3. The molecule has 0 unspecified atom stereocenters. The number of rotatable bonds is 3. The second kappa shape index (κ2) is 5.57. The van der Waals surface area contributed by atoms with Crippen molar-refractivity contribution in [3.8, 4) is 0 Å². The van der Waals surface area contributed by atoms with Gasteiger partial charge in [0.1, 0.15) is 5.82 Å². The van der Waals surface area contributed by atoms with Crippen molar-refractivity contribution in [2.24, 2.45) is 0 Å². The van der Waals surface area contributed by atoms with E-state index in [9.17, 15) is 0 Å². The molecule has 1 aromatic carbocycles. The van der Waals surface area contributed by atoms with E-state index in [0.717, 1.165) is 18.9 Å². The van der Waals surface area contributed by atoms with E-state index in [1.54, 1.807) is 0 Å². The molecule has 0 amide bonds. The summed E-state index contributed by atoms with van der Waals surface area (Å²) in [6, 6.07) is 10.9. The molecule has 1 atom stereocenters. The molecule has 2 heterocycles. The van der Waals surface area contributed by atoms with Crippen molar-refractivity contribution in [1.29, 1.82) is 0 Å². The maximum absolute atomic E-state index is 4.28. The number of piperidine rings is 1. The summed E-state index contributed by atoms with van der Waals surface area (Å²) in [5.74, 6) is 1.69. The summed E-state index contributed by atoms with van der Waals surface area (Å²) in [5, 5.41) is 0. The Morgan fingerprint density at radius 2 is 2.16 bits per heavy atom. The highest BCUT2D eigenvalue weighted by Gasteiger charge is 2.21. The van der Waals surface area contributed by atoms with E-state index in [2.05, 4.69) is 45.2 Å². The standard InChI is InChI=1S/C16H21N3/c1-13-17-10-16(18-13)12-19-9-5-8-15(11-19)14-6-3-2-4-7-14/h2-4,6-7,10,15H,5,8-9,11-12H2,1H3,(H,17,18)/t15-/m0/s1. The molecule has 2 aromatic rings. The van der Waals surface area contributed by atoms with Crippen molar-refractivity contribution < 1.29 is 0 Å². The van der Waals surface area contributed by atoms with Crippen LogP contribution >= 0.6 is 0 Å². The molecule has 0 spiro atoms. The first-order valence-corrected chi connectivity index (χ1v) is 7.09. The van der Waals surface area contributed by atoms with Gasteiger partial charge in [-0.3, -0.25) is 4.90 Å². The first kappa shape index (κ1) is 12.4. The average molecular weight is 255 g/mol. The summed E-state index contributed by atoms with van der Waals surface area (Å²) in [7, 11) is 0. The molecule has 1 N–H and O–H groups in total. The number of hydrogen-bond donors (Lipinski definition) is 1. The van der Waals surface area contributed by atoms with E-state index in [1.807, 2.05) is 13.1 Å². The first-order chi connectivity index (χ1) is 9.31. The van der Waals surface area contributed by atoms with Gasteiger partial charge in [0.05, 0.1) is 0 Å². The Bertz CT molecular complexity index is 518. The average Bonchev–Trinajstić information content (AvgIpc) is 2.85. The van der Waals surface area contributed by atoms with Crippen LogP contribution in [0.2, 0.25) is 0 Å². The topological polar surface area (TPSA) is 31.9 Å². The molecule has 0 aliphatic carbocycles. The molecule has 3 rings (SSSR count). The lowest BCUT2D eigenvalue weighted by atomic mass is 9.90. The Morgan fingerprint density at radius 1 is 1.32 bits per heavy atom. The van der Waals surface area contributed by atoms with Gasteiger partial charge in [-0.1, -0.05) is 30.3 Å². The molecule has 1 aliphatic rings. The predicted octanol–water partition coefficient (Wildman–Crippen LogP) is 3.10. The smallest absolute Gasteiger partial charge is 0.103 e. The lowest BCUT2D eigenvalue weighted by Gasteiger charge is -2.32. The fourth-order valence-electron chi connectivity index (χ4n) is 2.99. The summed E-state index contributed by atoms with van der Waals surface area (Å²) in [6.07, 6.45) is 4.55. The Morgan fingerprint density at radius 3 is 2.89 bits per heavy atom. The zero-order valence-corrected chi connectivity index (χ0v) is 11.5. The lowest BCUT2D eigenvalue weighted by Crippen LogP contribution is -2.33. The van der Waals surface area contributed by atoms with Gasteiger partial charge in [0.25, 0.3) is 0 Å². The molecular weight excluding hydrogens is 234 g/mol. The monoisotopic (exact) mass is 255 g/mol. The van der Waals surface area contributed by atoms with Crippen LogP contribution in [0.25, 0.3) is 0 Å². The highest BCUT2D eigenvalue weighted by molar-refractivity contribution is 5.20. The van der Waals surface area contributed by atoms with E-state index in [4.69, 9.17) is 0 Å². The Balaban J connectivity index is 1.65. The number of nitrogens with zero attached hydrogens (tertiary/aromatic N) is 2.